The van der Waals surface area contributed by atoms with Gasteiger partial charge in [-0.15, -0.1) is 0 Å². The van der Waals surface area contributed by atoms with E-state index in [9.17, 15) is 14.4 Å². The summed E-state index contributed by atoms with van der Waals surface area (Å²) in [5.41, 5.74) is 1.59. The molecule has 3 amide bonds. The Morgan fingerprint density at radius 2 is 1.77 bits per heavy atom. The van der Waals surface area contributed by atoms with Crippen LogP contribution in [-0.2, 0) is 9.59 Å². The van der Waals surface area contributed by atoms with Gasteiger partial charge in [0.25, 0.3) is 5.91 Å². The van der Waals surface area contributed by atoms with Crippen molar-refractivity contribution in [2.24, 2.45) is 5.92 Å². The molecule has 0 unspecified atom stereocenters. The molecule has 2 N–H and O–H groups in total. The number of nitrogens with one attached hydrogen (secondary N) is 2. The second kappa shape index (κ2) is 9.52. The highest BCUT2D eigenvalue weighted by Gasteiger charge is 2.35. The maximum Gasteiger partial charge on any atom is 0.253 e. The molecule has 2 aliphatic rings. The van der Waals surface area contributed by atoms with Gasteiger partial charge in [-0.05, 0) is 43.2 Å². The van der Waals surface area contributed by atoms with Gasteiger partial charge in [0.1, 0.15) is 0 Å². The number of amides is 3. The predicted octanol–water partition coefficient (Wildman–Crippen LogP) is 4.39. The smallest absolute Gasteiger partial charge is 0.253 e. The van der Waals surface area contributed by atoms with Crippen molar-refractivity contribution in [3.05, 3.63) is 59.1 Å². The number of carbonyl (C=O) groups excluding carboxylic acids is 3. The first-order chi connectivity index (χ1) is 15.0. The van der Waals surface area contributed by atoms with Crippen molar-refractivity contribution in [1.29, 1.82) is 0 Å². The van der Waals surface area contributed by atoms with Crippen molar-refractivity contribution < 1.29 is 14.4 Å². The highest BCUT2D eigenvalue weighted by atomic mass is 35.5. The molecule has 162 valence electrons. The third kappa shape index (κ3) is 5.07. The monoisotopic (exact) mass is 439 g/mol. The molecule has 1 atom stereocenters. The molecular weight excluding hydrogens is 414 g/mol. The van der Waals surface area contributed by atoms with Crippen molar-refractivity contribution in [3.8, 4) is 0 Å². The molecule has 0 radical (unpaired) electrons. The highest BCUT2D eigenvalue weighted by Crippen LogP contribution is 2.28. The van der Waals surface area contributed by atoms with Crippen LogP contribution in [0.1, 0.15) is 48.9 Å². The highest BCUT2D eigenvalue weighted by molar-refractivity contribution is 6.31. The number of benzene rings is 2. The zero-order chi connectivity index (χ0) is 21.8. The minimum absolute atomic E-state index is 0.120. The summed E-state index contributed by atoms with van der Waals surface area (Å²) in [4.78, 5) is 39.8. The van der Waals surface area contributed by atoms with E-state index in [0.717, 1.165) is 25.7 Å². The maximum atomic E-state index is 12.9. The fraction of sp³-hybridized carbons (Fsp3) is 0.375. The minimum atomic E-state index is -0.499. The van der Waals surface area contributed by atoms with Gasteiger partial charge in [0.15, 0.2) is 0 Å². The van der Waals surface area contributed by atoms with Crippen LogP contribution in [0.15, 0.2) is 48.5 Å². The van der Waals surface area contributed by atoms with Crippen LogP contribution in [0.4, 0.5) is 11.4 Å². The Labute approximate surface area is 187 Å². The van der Waals surface area contributed by atoms with Crippen LogP contribution in [0.25, 0.3) is 0 Å². The molecular formula is C24H26ClN3O3. The topological polar surface area (TPSA) is 78.5 Å². The number of hydrogen-bond donors (Lipinski definition) is 2. The maximum absolute atomic E-state index is 12.9. The molecule has 4 rings (SSSR count). The summed E-state index contributed by atoms with van der Waals surface area (Å²) >= 11 is 6.04. The number of carbonyl (C=O) groups is 3. The van der Waals surface area contributed by atoms with Crippen molar-refractivity contribution in [2.75, 3.05) is 16.8 Å². The molecule has 2 aromatic rings. The van der Waals surface area contributed by atoms with Crippen LogP contribution < -0.4 is 15.5 Å². The van der Waals surface area contributed by atoms with Crippen LogP contribution in [0.5, 0.6) is 0 Å². The van der Waals surface area contributed by atoms with Gasteiger partial charge in [-0.2, -0.15) is 0 Å². The third-order valence-corrected chi connectivity index (χ3v) is 6.22. The number of nitrogens with zero attached hydrogens (tertiary/aromatic N) is 1. The Hall–Kier alpha value is -2.86. The lowest BCUT2D eigenvalue weighted by Crippen LogP contribution is -2.36. The fourth-order valence-electron chi connectivity index (χ4n) is 4.31. The van der Waals surface area contributed by atoms with E-state index in [1.807, 2.05) is 0 Å². The summed E-state index contributed by atoms with van der Waals surface area (Å²) < 4.78 is 0. The first kappa shape index (κ1) is 21.4. The Balaban J connectivity index is 1.43. The summed E-state index contributed by atoms with van der Waals surface area (Å²) in [6.07, 6.45) is 5.57. The Morgan fingerprint density at radius 3 is 2.55 bits per heavy atom. The Morgan fingerprint density at radius 1 is 1.00 bits per heavy atom. The van der Waals surface area contributed by atoms with Gasteiger partial charge in [-0.3, -0.25) is 14.4 Å². The molecule has 1 saturated heterocycles. The van der Waals surface area contributed by atoms with Crippen molar-refractivity contribution >= 4 is 40.7 Å². The third-order valence-electron chi connectivity index (χ3n) is 5.99. The molecule has 31 heavy (non-hydrogen) atoms. The van der Waals surface area contributed by atoms with E-state index >= 15 is 0 Å². The molecule has 1 aliphatic heterocycles. The van der Waals surface area contributed by atoms with Crippen LogP contribution in [0.2, 0.25) is 5.02 Å². The minimum Gasteiger partial charge on any atom is -0.349 e. The van der Waals surface area contributed by atoms with Crippen molar-refractivity contribution in [2.45, 2.75) is 44.6 Å². The lowest BCUT2D eigenvalue weighted by molar-refractivity contribution is -0.122. The average Bonchev–Trinajstić information content (AvgIpc) is 3.16. The Bertz CT molecular complexity index is 988. The summed E-state index contributed by atoms with van der Waals surface area (Å²) in [6, 6.07) is 14.2. The molecule has 2 fully saturated rings. The van der Waals surface area contributed by atoms with E-state index in [4.69, 9.17) is 11.6 Å². The average molecular weight is 440 g/mol. The van der Waals surface area contributed by atoms with Gasteiger partial charge < -0.3 is 15.5 Å². The lowest BCUT2D eigenvalue weighted by atomic mass is 9.95. The molecule has 2 aromatic carbocycles. The summed E-state index contributed by atoms with van der Waals surface area (Å²) in [6.45, 7) is 0.279. The van der Waals surface area contributed by atoms with Gasteiger partial charge in [0.2, 0.25) is 11.8 Å². The summed E-state index contributed by atoms with van der Waals surface area (Å²) in [5.74, 6) is -1.06. The van der Waals surface area contributed by atoms with Crippen LogP contribution >= 0.6 is 11.6 Å². The van der Waals surface area contributed by atoms with E-state index in [-0.39, 0.29) is 36.7 Å². The zero-order valence-corrected chi connectivity index (χ0v) is 18.0. The summed E-state index contributed by atoms with van der Waals surface area (Å²) in [7, 11) is 0. The second-order valence-corrected chi connectivity index (χ2v) is 8.66. The molecule has 1 saturated carbocycles. The normalized spacial score (nSPS) is 19.3. The van der Waals surface area contributed by atoms with Gasteiger partial charge >= 0.3 is 0 Å². The number of halogens is 1. The second-order valence-electron chi connectivity index (χ2n) is 8.23. The number of para-hydroxylation sites is 1. The molecule has 1 aliphatic carbocycles. The Kier molecular flexibility index (Phi) is 6.56. The molecule has 1 heterocycles. The van der Waals surface area contributed by atoms with Gasteiger partial charge in [-0.1, -0.05) is 49.1 Å². The van der Waals surface area contributed by atoms with E-state index in [1.54, 1.807) is 53.4 Å². The predicted molar refractivity (Wildman–Crippen MR) is 121 cm³/mol. The molecule has 7 heteroatoms. The van der Waals surface area contributed by atoms with Crippen molar-refractivity contribution in [3.63, 3.8) is 0 Å². The molecule has 0 aromatic heterocycles. The van der Waals surface area contributed by atoms with Gasteiger partial charge in [0, 0.05) is 29.7 Å². The molecule has 0 spiro atoms. The van der Waals surface area contributed by atoms with Crippen LogP contribution in [-0.4, -0.2) is 30.3 Å². The lowest BCUT2D eigenvalue weighted by Gasteiger charge is -2.23. The molecule has 6 nitrogen and oxygen atoms in total. The van der Waals surface area contributed by atoms with Crippen molar-refractivity contribution in [1.82, 2.24) is 5.32 Å². The summed E-state index contributed by atoms with van der Waals surface area (Å²) in [5, 5.41) is 6.50. The van der Waals surface area contributed by atoms with E-state index in [1.165, 1.54) is 6.42 Å². The van der Waals surface area contributed by atoms with E-state index in [2.05, 4.69) is 10.6 Å². The number of rotatable bonds is 5. The zero-order valence-electron chi connectivity index (χ0n) is 17.3. The first-order valence-electron chi connectivity index (χ1n) is 10.8. The standard InChI is InChI=1S/C24H26ClN3O3/c25-17-7-6-10-19(14-17)28-15-16(13-22(28)29)23(30)27-21-12-5-4-11-20(21)24(31)26-18-8-2-1-3-9-18/h4-7,10-12,14,16,18H,1-3,8-9,13,15H2,(H,26,31)(H,27,30)/t16-/m1/s1. The van der Waals surface area contributed by atoms with Crippen LogP contribution in [0, 0.1) is 5.92 Å². The van der Waals surface area contributed by atoms with E-state index < -0.39 is 5.92 Å². The number of hydrogen-bond acceptors (Lipinski definition) is 3. The van der Waals surface area contributed by atoms with E-state index in [0.29, 0.717) is 22.0 Å². The largest absolute Gasteiger partial charge is 0.349 e. The fourth-order valence-corrected chi connectivity index (χ4v) is 4.50. The SMILES string of the molecule is O=C(NC1CCCCC1)c1ccccc1NC(=O)[C@@H]1CC(=O)N(c2cccc(Cl)c2)C1. The molecule has 0 bridgehead atoms. The first-order valence-corrected chi connectivity index (χ1v) is 11.2. The van der Waals surface area contributed by atoms with Crippen LogP contribution in [0.3, 0.4) is 0 Å². The number of anilines is 2. The van der Waals surface area contributed by atoms with Gasteiger partial charge in [-0.25, -0.2) is 0 Å². The van der Waals surface area contributed by atoms with Gasteiger partial charge in [0.05, 0.1) is 17.2 Å². The quantitative estimate of drug-likeness (QED) is 0.725.